The lowest BCUT2D eigenvalue weighted by atomic mass is 9.76. The first-order chi connectivity index (χ1) is 11.7. The third kappa shape index (κ3) is 2.32. The molecule has 0 amide bonds. The van der Waals surface area contributed by atoms with Crippen molar-refractivity contribution in [1.29, 1.82) is 0 Å². The SMILES string of the molecule is CCc1cccc2c1N[C@H](c1ccc(C(=O)O)cc1)[C@@H]1CC=C[C@H]21. The summed E-state index contributed by atoms with van der Waals surface area (Å²) in [5.74, 6) is 0.0503. The first-order valence-corrected chi connectivity index (χ1v) is 8.57. The summed E-state index contributed by atoms with van der Waals surface area (Å²) in [5, 5.41) is 12.9. The number of benzene rings is 2. The molecule has 0 saturated carbocycles. The third-order valence-electron chi connectivity index (χ3n) is 5.38. The molecule has 2 aliphatic rings. The van der Waals surface area contributed by atoms with Crippen LogP contribution in [-0.2, 0) is 6.42 Å². The van der Waals surface area contributed by atoms with Crippen molar-refractivity contribution in [3.63, 3.8) is 0 Å². The van der Waals surface area contributed by atoms with Gasteiger partial charge in [0.25, 0.3) is 0 Å². The van der Waals surface area contributed by atoms with Crippen LogP contribution in [0.3, 0.4) is 0 Å². The molecule has 0 bridgehead atoms. The molecule has 3 heteroatoms. The number of hydrogen-bond acceptors (Lipinski definition) is 2. The Balaban J connectivity index is 1.76. The molecule has 0 fully saturated rings. The second-order valence-electron chi connectivity index (χ2n) is 6.64. The second-order valence-corrected chi connectivity index (χ2v) is 6.64. The van der Waals surface area contributed by atoms with Crippen LogP contribution in [0.4, 0.5) is 5.69 Å². The Morgan fingerprint density at radius 3 is 2.71 bits per heavy atom. The van der Waals surface area contributed by atoms with Crippen LogP contribution in [0.5, 0.6) is 0 Å². The van der Waals surface area contributed by atoms with Crippen LogP contribution in [0, 0.1) is 5.92 Å². The predicted octanol–water partition coefficient (Wildman–Crippen LogP) is 4.77. The van der Waals surface area contributed by atoms with Gasteiger partial charge in [-0.1, -0.05) is 49.4 Å². The van der Waals surface area contributed by atoms with Crippen LogP contribution in [0.15, 0.2) is 54.6 Å². The van der Waals surface area contributed by atoms with Crippen molar-refractivity contribution in [1.82, 2.24) is 0 Å². The van der Waals surface area contributed by atoms with Crippen LogP contribution in [-0.4, -0.2) is 11.1 Å². The van der Waals surface area contributed by atoms with E-state index in [0.29, 0.717) is 17.4 Å². The molecule has 0 radical (unpaired) electrons. The number of carbonyl (C=O) groups is 1. The molecule has 3 nitrogen and oxygen atoms in total. The number of carboxylic acids is 1. The molecule has 0 spiro atoms. The summed E-state index contributed by atoms with van der Waals surface area (Å²) in [6.45, 7) is 2.19. The van der Waals surface area contributed by atoms with Crippen LogP contribution < -0.4 is 5.32 Å². The molecule has 2 aromatic carbocycles. The Bertz CT molecular complexity index is 807. The summed E-state index contributed by atoms with van der Waals surface area (Å²) in [5.41, 5.74) is 5.51. The number of para-hydroxylation sites is 1. The van der Waals surface area contributed by atoms with Crippen LogP contribution in [0.1, 0.15) is 52.4 Å². The van der Waals surface area contributed by atoms with Crippen molar-refractivity contribution in [3.8, 4) is 0 Å². The zero-order valence-electron chi connectivity index (χ0n) is 13.7. The summed E-state index contributed by atoms with van der Waals surface area (Å²) < 4.78 is 0. The Morgan fingerprint density at radius 1 is 1.21 bits per heavy atom. The van der Waals surface area contributed by atoms with Gasteiger partial charge in [-0.25, -0.2) is 4.79 Å². The Morgan fingerprint density at radius 2 is 2.00 bits per heavy atom. The predicted molar refractivity (Wildman–Crippen MR) is 95.6 cm³/mol. The van der Waals surface area contributed by atoms with Crippen molar-refractivity contribution in [2.45, 2.75) is 31.7 Å². The minimum Gasteiger partial charge on any atom is -0.478 e. The van der Waals surface area contributed by atoms with Gasteiger partial charge in [-0.05, 0) is 47.6 Å². The van der Waals surface area contributed by atoms with E-state index in [9.17, 15) is 4.79 Å². The number of carboxylic acid groups (broad SMARTS) is 1. The van der Waals surface area contributed by atoms with E-state index >= 15 is 0 Å². The van der Waals surface area contributed by atoms with Gasteiger partial charge in [0.15, 0.2) is 0 Å². The molecular weight excluding hydrogens is 298 g/mol. The second kappa shape index (κ2) is 5.82. The van der Waals surface area contributed by atoms with Gasteiger partial charge >= 0.3 is 5.97 Å². The van der Waals surface area contributed by atoms with Crippen molar-refractivity contribution in [3.05, 3.63) is 76.9 Å². The Kier molecular flexibility index (Phi) is 3.64. The molecule has 1 aliphatic carbocycles. The van der Waals surface area contributed by atoms with Gasteiger partial charge in [0.1, 0.15) is 0 Å². The smallest absolute Gasteiger partial charge is 0.335 e. The minimum atomic E-state index is -0.878. The zero-order valence-corrected chi connectivity index (χ0v) is 13.7. The standard InChI is InChI=1S/C21H21NO2/c1-2-13-5-3-7-17-16-6-4-8-18(16)20(22-19(13)17)14-9-11-15(12-10-14)21(23)24/h3-7,9-12,16,18,20,22H,2,8H2,1H3,(H,23,24)/t16-,18-,20-/m1/s1. The van der Waals surface area contributed by atoms with E-state index in [0.717, 1.165) is 18.4 Å². The van der Waals surface area contributed by atoms with Crippen molar-refractivity contribution in [2.24, 2.45) is 5.92 Å². The van der Waals surface area contributed by atoms with Gasteiger partial charge < -0.3 is 10.4 Å². The molecule has 0 unspecified atom stereocenters. The first kappa shape index (κ1) is 15.0. The van der Waals surface area contributed by atoms with Gasteiger partial charge in [-0.15, -0.1) is 0 Å². The Labute approximate surface area is 142 Å². The summed E-state index contributed by atoms with van der Waals surface area (Å²) in [7, 11) is 0. The van der Waals surface area contributed by atoms with Gasteiger partial charge in [0.05, 0.1) is 11.6 Å². The fraction of sp³-hybridized carbons (Fsp3) is 0.286. The fourth-order valence-electron chi connectivity index (χ4n) is 4.14. The third-order valence-corrected chi connectivity index (χ3v) is 5.38. The number of nitrogens with one attached hydrogen (secondary N) is 1. The largest absolute Gasteiger partial charge is 0.478 e. The number of rotatable bonds is 3. The highest BCUT2D eigenvalue weighted by Crippen LogP contribution is 2.50. The summed E-state index contributed by atoms with van der Waals surface area (Å²) in [6.07, 6.45) is 6.67. The summed E-state index contributed by atoms with van der Waals surface area (Å²) in [6, 6.07) is 14.1. The number of anilines is 1. The monoisotopic (exact) mass is 319 g/mol. The summed E-state index contributed by atoms with van der Waals surface area (Å²) >= 11 is 0. The van der Waals surface area contributed by atoms with Crippen molar-refractivity contribution in [2.75, 3.05) is 5.32 Å². The normalized spacial score (nSPS) is 24.1. The van der Waals surface area contributed by atoms with E-state index in [-0.39, 0.29) is 6.04 Å². The lowest BCUT2D eigenvalue weighted by Gasteiger charge is -2.38. The van der Waals surface area contributed by atoms with Gasteiger partial charge in [0, 0.05) is 11.6 Å². The molecule has 1 aliphatic heterocycles. The van der Waals surface area contributed by atoms with Crippen molar-refractivity contribution < 1.29 is 9.90 Å². The van der Waals surface area contributed by atoms with Crippen LogP contribution >= 0.6 is 0 Å². The van der Waals surface area contributed by atoms with E-state index in [1.165, 1.54) is 16.8 Å². The maximum Gasteiger partial charge on any atom is 0.335 e. The van der Waals surface area contributed by atoms with E-state index in [1.54, 1.807) is 12.1 Å². The number of fused-ring (bicyclic) bond motifs is 3. The molecule has 24 heavy (non-hydrogen) atoms. The summed E-state index contributed by atoms with van der Waals surface area (Å²) in [4.78, 5) is 11.1. The molecule has 122 valence electrons. The highest BCUT2D eigenvalue weighted by Gasteiger charge is 2.38. The fourth-order valence-corrected chi connectivity index (χ4v) is 4.14. The average Bonchev–Trinajstić information content (AvgIpc) is 3.10. The average molecular weight is 319 g/mol. The van der Waals surface area contributed by atoms with E-state index in [2.05, 4.69) is 42.6 Å². The quantitative estimate of drug-likeness (QED) is 0.801. The molecule has 3 atom stereocenters. The maximum atomic E-state index is 11.1. The minimum absolute atomic E-state index is 0.216. The van der Waals surface area contributed by atoms with E-state index in [1.807, 2.05) is 12.1 Å². The van der Waals surface area contributed by atoms with Gasteiger partial charge in [-0.3, -0.25) is 0 Å². The maximum absolute atomic E-state index is 11.1. The van der Waals surface area contributed by atoms with Crippen LogP contribution in [0.2, 0.25) is 0 Å². The van der Waals surface area contributed by atoms with Crippen molar-refractivity contribution >= 4 is 11.7 Å². The lowest BCUT2D eigenvalue weighted by Crippen LogP contribution is -2.29. The molecule has 0 aromatic heterocycles. The number of aryl methyl sites for hydroxylation is 1. The zero-order chi connectivity index (χ0) is 16.7. The van der Waals surface area contributed by atoms with Gasteiger partial charge in [0.2, 0.25) is 0 Å². The highest BCUT2D eigenvalue weighted by molar-refractivity contribution is 5.87. The van der Waals surface area contributed by atoms with E-state index in [4.69, 9.17) is 5.11 Å². The van der Waals surface area contributed by atoms with Gasteiger partial charge in [-0.2, -0.15) is 0 Å². The highest BCUT2D eigenvalue weighted by atomic mass is 16.4. The molecular formula is C21H21NO2. The molecule has 4 rings (SSSR count). The Hall–Kier alpha value is -2.55. The number of aromatic carboxylic acids is 1. The lowest BCUT2D eigenvalue weighted by molar-refractivity contribution is 0.0697. The number of hydrogen-bond donors (Lipinski definition) is 2. The number of allylic oxidation sites excluding steroid dienone is 2. The van der Waals surface area contributed by atoms with Crippen LogP contribution in [0.25, 0.3) is 0 Å². The molecule has 0 saturated heterocycles. The topological polar surface area (TPSA) is 49.3 Å². The molecule has 2 N–H and O–H groups in total. The first-order valence-electron chi connectivity index (χ1n) is 8.57. The molecule has 2 aromatic rings. The van der Waals surface area contributed by atoms with E-state index < -0.39 is 5.97 Å². The molecule has 1 heterocycles.